The molecule has 1 aromatic rings. The fourth-order valence-electron chi connectivity index (χ4n) is 4.83. The van der Waals surface area contributed by atoms with Gasteiger partial charge in [0.15, 0.2) is 0 Å². The number of benzene rings is 1. The normalized spacial score (nSPS) is 22.4. The maximum Gasteiger partial charge on any atom is 0.243 e. The highest BCUT2D eigenvalue weighted by Crippen LogP contribution is 2.45. The molecule has 0 aromatic heterocycles. The Hall–Kier alpha value is -2.33. The van der Waals surface area contributed by atoms with Crippen LogP contribution >= 0.6 is 0 Å². The molecule has 0 unspecified atom stereocenters. The Kier molecular flexibility index (Phi) is 5.87. The highest BCUT2D eigenvalue weighted by molar-refractivity contribution is 7.89. The summed E-state index contributed by atoms with van der Waals surface area (Å²) >= 11 is 0. The summed E-state index contributed by atoms with van der Waals surface area (Å²) in [5.74, 6) is -1.53. The van der Waals surface area contributed by atoms with E-state index in [2.05, 4.69) is 0 Å². The van der Waals surface area contributed by atoms with E-state index in [0.29, 0.717) is 12.8 Å². The molecule has 8 nitrogen and oxygen atoms in total. The second-order valence-corrected chi connectivity index (χ2v) is 10.5. The monoisotopic (exact) mass is 451 g/mol. The number of hydrogen-bond acceptors (Lipinski definition) is 5. The zero-order valence-electron chi connectivity index (χ0n) is 17.3. The van der Waals surface area contributed by atoms with Crippen LogP contribution in [0.25, 0.3) is 0 Å². The van der Waals surface area contributed by atoms with E-state index in [1.54, 1.807) is 0 Å². The lowest BCUT2D eigenvalue weighted by Gasteiger charge is -2.35. The van der Waals surface area contributed by atoms with E-state index in [4.69, 9.17) is 0 Å². The molecule has 1 aromatic carbocycles. The Morgan fingerprint density at radius 2 is 1.71 bits per heavy atom. The number of carbonyl (C=O) groups excluding carboxylic acids is 3. The van der Waals surface area contributed by atoms with Crippen LogP contribution in [0.3, 0.4) is 0 Å². The maximum absolute atomic E-state index is 13.4. The third-order valence-electron chi connectivity index (χ3n) is 6.62. The average Bonchev–Trinajstić information content (AvgIpc) is 2.98. The second-order valence-electron chi connectivity index (χ2n) is 8.55. The summed E-state index contributed by atoms with van der Waals surface area (Å²) in [7, 11) is -3.86. The van der Waals surface area contributed by atoms with Gasteiger partial charge < -0.3 is 4.90 Å². The van der Waals surface area contributed by atoms with Gasteiger partial charge in [-0.3, -0.25) is 19.3 Å². The smallest absolute Gasteiger partial charge is 0.243 e. The second kappa shape index (κ2) is 8.31. The van der Waals surface area contributed by atoms with E-state index in [-0.39, 0.29) is 61.8 Å². The van der Waals surface area contributed by atoms with Gasteiger partial charge in [0.2, 0.25) is 27.7 Å². The molecule has 1 saturated carbocycles. The van der Waals surface area contributed by atoms with Gasteiger partial charge in [0.05, 0.1) is 10.3 Å². The molecular formula is C21H26FN3O5S. The number of carbonyl (C=O) groups is 3. The minimum Gasteiger partial charge on any atom is -0.338 e. The van der Waals surface area contributed by atoms with Crippen LogP contribution in [0.2, 0.25) is 0 Å². The number of nitrogens with zero attached hydrogens (tertiary/aromatic N) is 3. The fourth-order valence-corrected chi connectivity index (χ4v) is 6.28. The predicted octanol–water partition coefficient (Wildman–Crippen LogP) is 1.37. The predicted molar refractivity (Wildman–Crippen MR) is 109 cm³/mol. The highest BCUT2D eigenvalue weighted by Gasteiger charge is 2.52. The van der Waals surface area contributed by atoms with Crippen molar-refractivity contribution in [2.75, 3.05) is 32.7 Å². The molecule has 1 spiro atoms. The van der Waals surface area contributed by atoms with Crippen LogP contribution < -0.4 is 0 Å². The molecule has 2 aliphatic heterocycles. The Labute approximate surface area is 181 Å². The van der Waals surface area contributed by atoms with Crippen molar-refractivity contribution in [2.24, 2.45) is 5.41 Å². The molecule has 0 radical (unpaired) electrons. The molecule has 0 N–H and O–H groups in total. The van der Waals surface area contributed by atoms with E-state index < -0.39 is 21.3 Å². The van der Waals surface area contributed by atoms with Crippen LogP contribution in [0.15, 0.2) is 29.2 Å². The quantitative estimate of drug-likeness (QED) is 0.645. The molecule has 10 heteroatoms. The van der Waals surface area contributed by atoms with Gasteiger partial charge in [-0.15, -0.1) is 0 Å². The van der Waals surface area contributed by atoms with Crippen LogP contribution in [-0.4, -0.2) is 73.0 Å². The summed E-state index contributed by atoms with van der Waals surface area (Å²) in [5, 5.41) is 0. The number of rotatable bonds is 4. The highest BCUT2D eigenvalue weighted by atomic mass is 32.2. The Balaban J connectivity index is 1.36. The summed E-state index contributed by atoms with van der Waals surface area (Å²) in [4.78, 5) is 40.5. The van der Waals surface area contributed by atoms with Crippen molar-refractivity contribution in [3.63, 3.8) is 0 Å². The summed E-state index contributed by atoms with van der Waals surface area (Å²) in [6, 6.07) is 4.82. The average molecular weight is 452 g/mol. The number of sulfonamides is 1. The van der Waals surface area contributed by atoms with Gasteiger partial charge in [-0.1, -0.05) is 25.3 Å². The summed E-state index contributed by atoms with van der Waals surface area (Å²) < 4.78 is 40.1. The van der Waals surface area contributed by atoms with E-state index in [9.17, 15) is 27.2 Å². The third-order valence-corrected chi connectivity index (χ3v) is 8.51. The van der Waals surface area contributed by atoms with Gasteiger partial charge in [0.1, 0.15) is 12.4 Å². The van der Waals surface area contributed by atoms with Crippen molar-refractivity contribution in [1.82, 2.24) is 14.1 Å². The first kappa shape index (κ1) is 21.9. The first-order valence-corrected chi connectivity index (χ1v) is 12.1. The number of piperazine rings is 1. The van der Waals surface area contributed by atoms with Crippen molar-refractivity contribution in [3.05, 3.63) is 30.1 Å². The first-order valence-electron chi connectivity index (χ1n) is 10.6. The topological polar surface area (TPSA) is 95.1 Å². The lowest BCUT2D eigenvalue weighted by Crippen LogP contribution is -2.53. The molecule has 168 valence electrons. The number of likely N-dealkylation sites (tertiary alicyclic amines) is 1. The Morgan fingerprint density at radius 3 is 2.35 bits per heavy atom. The van der Waals surface area contributed by atoms with E-state index in [1.807, 2.05) is 0 Å². The van der Waals surface area contributed by atoms with E-state index in [1.165, 1.54) is 27.4 Å². The Morgan fingerprint density at radius 1 is 1.03 bits per heavy atom. The zero-order chi connectivity index (χ0) is 22.2. The molecule has 0 atom stereocenters. The van der Waals surface area contributed by atoms with Crippen LogP contribution in [0.4, 0.5) is 4.39 Å². The molecule has 2 saturated heterocycles. The van der Waals surface area contributed by atoms with Crippen molar-refractivity contribution in [2.45, 2.75) is 43.4 Å². The van der Waals surface area contributed by atoms with Gasteiger partial charge >= 0.3 is 0 Å². The minimum absolute atomic E-state index is 0.0659. The summed E-state index contributed by atoms with van der Waals surface area (Å²) in [5.41, 5.74) is -0.632. The van der Waals surface area contributed by atoms with Crippen LogP contribution in [0.1, 0.15) is 38.5 Å². The summed E-state index contributed by atoms with van der Waals surface area (Å²) in [6.07, 6.45) is 4.46. The van der Waals surface area contributed by atoms with E-state index in [0.717, 1.165) is 30.2 Å². The van der Waals surface area contributed by atoms with Crippen LogP contribution in [0.5, 0.6) is 0 Å². The minimum atomic E-state index is -3.86. The van der Waals surface area contributed by atoms with Gasteiger partial charge in [0.25, 0.3) is 0 Å². The number of hydrogen-bond donors (Lipinski definition) is 0. The zero-order valence-corrected chi connectivity index (χ0v) is 18.1. The SMILES string of the molecule is O=C(CN1C(=O)CC2(CCCCC2)C1=O)N1CCN(S(=O)(=O)c2cccc(F)c2)CC1. The van der Waals surface area contributed by atoms with Gasteiger partial charge in [-0.25, -0.2) is 12.8 Å². The number of halogens is 1. The maximum atomic E-state index is 13.4. The summed E-state index contributed by atoms with van der Waals surface area (Å²) in [6.45, 7) is 0.131. The molecule has 0 bridgehead atoms. The van der Waals surface area contributed by atoms with Crippen molar-refractivity contribution >= 4 is 27.7 Å². The van der Waals surface area contributed by atoms with Crippen molar-refractivity contribution in [3.8, 4) is 0 Å². The van der Waals surface area contributed by atoms with E-state index >= 15 is 0 Å². The van der Waals surface area contributed by atoms with Crippen molar-refractivity contribution < 1.29 is 27.2 Å². The molecule has 3 amide bonds. The molecule has 2 heterocycles. The largest absolute Gasteiger partial charge is 0.338 e. The first-order chi connectivity index (χ1) is 14.7. The molecule has 3 fully saturated rings. The van der Waals surface area contributed by atoms with Gasteiger partial charge in [0, 0.05) is 32.6 Å². The number of amides is 3. The van der Waals surface area contributed by atoms with Crippen LogP contribution in [0, 0.1) is 11.2 Å². The van der Waals surface area contributed by atoms with Gasteiger partial charge in [-0.2, -0.15) is 4.31 Å². The van der Waals surface area contributed by atoms with Crippen LogP contribution in [-0.2, 0) is 24.4 Å². The van der Waals surface area contributed by atoms with Gasteiger partial charge in [-0.05, 0) is 31.0 Å². The molecular weight excluding hydrogens is 425 g/mol. The molecule has 31 heavy (non-hydrogen) atoms. The third kappa shape index (κ3) is 4.10. The lowest BCUT2D eigenvalue weighted by molar-refractivity contribution is -0.148. The fraction of sp³-hybridized carbons (Fsp3) is 0.571. The molecule has 4 rings (SSSR count). The lowest BCUT2D eigenvalue weighted by atomic mass is 9.73. The molecule has 1 aliphatic carbocycles. The molecule has 3 aliphatic rings. The number of imide groups is 1. The standard InChI is InChI=1S/C21H26FN3O5S/c22-16-5-4-6-17(13-16)31(29,30)24-11-9-23(10-12-24)19(27)15-25-18(26)14-21(20(25)28)7-2-1-3-8-21/h4-6,13H,1-3,7-12,14-15H2. The Bertz CT molecular complexity index is 998. The van der Waals surface area contributed by atoms with Crippen molar-refractivity contribution in [1.29, 1.82) is 0 Å².